The second-order valence-electron chi connectivity index (χ2n) is 5.14. The second-order valence-corrected chi connectivity index (χ2v) is 5.58. The monoisotopic (exact) mass is 352 g/mol. The van der Waals surface area contributed by atoms with E-state index in [9.17, 15) is 10.1 Å². The molecule has 0 aliphatic carbocycles. The second kappa shape index (κ2) is 7.56. The van der Waals surface area contributed by atoms with Crippen molar-refractivity contribution in [1.29, 1.82) is 5.26 Å². The van der Waals surface area contributed by atoms with E-state index in [2.05, 4.69) is 5.32 Å². The predicted molar refractivity (Wildman–Crippen MR) is 93.3 cm³/mol. The maximum atomic E-state index is 12.1. The lowest BCUT2D eigenvalue weighted by Gasteiger charge is -2.01. The Morgan fingerprint density at radius 1 is 1.20 bits per heavy atom. The van der Waals surface area contributed by atoms with Crippen LogP contribution in [0.15, 0.2) is 69.2 Å². The van der Waals surface area contributed by atoms with Crippen LogP contribution in [0.1, 0.15) is 11.5 Å². The molecule has 0 fully saturated rings. The Morgan fingerprint density at radius 3 is 2.68 bits per heavy atom. The van der Waals surface area contributed by atoms with E-state index in [1.807, 2.05) is 18.2 Å². The zero-order chi connectivity index (χ0) is 17.6. The summed E-state index contributed by atoms with van der Waals surface area (Å²) in [6.45, 7) is 0.207. The van der Waals surface area contributed by atoms with Crippen molar-refractivity contribution >= 4 is 23.6 Å². The number of nitriles is 1. The van der Waals surface area contributed by atoms with Crippen molar-refractivity contribution in [2.75, 3.05) is 0 Å². The number of halogens is 1. The highest BCUT2D eigenvalue weighted by Gasteiger charge is 2.11. The van der Waals surface area contributed by atoms with Crippen LogP contribution >= 0.6 is 11.6 Å². The van der Waals surface area contributed by atoms with Crippen LogP contribution in [0.4, 0.5) is 0 Å². The van der Waals surface area contributed by atoms with E-state index in [0.717, 1.165) is 5.56 Å². The first-order valence-electron chi connectivity index (χ1n) is 7.44. The lowest BCUT2D eigenvalue weighted by atomic mass is 10.2. The number of furan rings is 2. The molecule has 124 valence electrons. The van der Waals surface area contributed by atoms with E-state index in [4.69, 9.17) is 20.4 Å². The van der Waals surface area contributed by atoms with Crippen molar-refractivity contribution in [3.63, 3.8) is 0 Å². The van der Waals surface area contributed by atoms with Gasteiger partial charge in [-0.3, -0.25) is 4.79 Å². The van der Waals surface area contributed by atoms with Crippen molar-refractivity contribution in [3.05, 3.63) is 76.9 Å². The average molecular weight is 353 g/mol. The summed E-state index contributed by atoms with van der Waals surface area (Å²) >= 11 is 5.87. The van der Waals surface area contributed by atoms with Gasteiger partial charge in [-0.1, -0.05) is 11.6 Å². The van der Waals surface area contributed by atoms with Crippen LogP contribution in [0.5, 0.6) is 0 Å². The zero-order valence-corrected chi connectivity index (χ0v) is 13.8. The molecule has 2 heterocycles. The SMILES string of the molecule is N#C/C(=C\c1ccc(-c2ccc(Cl)cc2)o1)C(=O)NCc1ccco1. The van der Waals surface area contributed by atoms with Crippen molar-refractivity contribution < 1.29 is 13.6 Å². The molecule has 6 heteroatoms. The predicted octanol–water partition coefficient (Wildman–Crippen LogP) is 4.42. The Morgan fingerprint density at radius 2 is 2.00 bits per heavy atom. The molecule has 25 heavy (non-hydrogen) atoms. The van der Waals surface area contributed by atoms with Crippen LogP contribution in [0, 0.1) is 11.3 Å². The topological polar surface area (TPSA) is 79.2 Å². The number of nitrogens with zero attached hydrogens (tertiary/aromatic N) is 1. The summed E-state index contributed by atoms with van der Waals surface area (Å²) in [6.07, 6.45) is 2.92. The number of rotatable bonds is 5. The van der Waals surface area contributed by atoms with Gasteiger partial charge in [0.1, 0.15) is 28.9 Å². The molecule has 0 aliphatic rings. The number of hydrogen-bond acceptors (Lipinski definition) is 4. The van der Waals surface area contributed by atoms with Gasteiger partial charge in [-0.25, -0.2) is 0 Å². The minimum absolute atomic E-state index is 0.0523. The molecular formula is C19H13ClN2O3. The number of benzene rings is 1. The summed E-state index contributed by atoms with van der Waals surface area (Å²) in [7, 11) is 0. The van der Waals surface area contributed by atoms with Crippen LogP contribution in [0.3, 0.4) is 0 Å². The summed E-state index contributed by atoms with van der Waals surface area (Å²) in [5.74, 6) is 1.14. The first-order chi connectivity index (χ1) is 12.2. The Kier molecular flexibility index (Phi) is 5.03. The third-order valence-corrected chi connectivity index (χ3v) is 3.66. The van der Waals surface area contributed by atoms with Gasteiger partial charge >= 0.3 is 0 Å². The van der Waals surface area contributed by atoms with Gasteiger partial charge in [-0.05, 0) is 48.5 Å². The zero-order valence-electron chi connectivity index (χ0n) is 13.0. The average Bonchev–Trinajstić information content (AvgIpc) is 3.30. The first-order valence-corrected chi connectivity index (χ1v) is 7.81. The van der Waals surface area contributed by atoms with Gasteiger partial charge in [0.05, 0.1) is 12.8 Å². The molecule has 3 rings (SSSR count). The van der Waals surface area contributed by atoms with Crippen LogP contribution < -0.4 is 5.32 Å². The maximum Gasteiger partial charge on any atom is 0.262 e. The minimum atomic E-state index is -0.497. The van der Waals surface area contributed by atoms with Crippen LogP contribution in [0.2, 0.25) is 5.02 Å². The molecule has 0 unspecified atom stereocenters. The molecular weight excluding hydrogens is 340 g/mol. The van der Waals surface area contributed by atoms with Gasteiger partial charge in [0.15, 0.2) is 0 Å². The normalized spacial score (nSPS) is 11.1. The number of nitrogens with one attached hydrogen (secondary N) is 1. The summed E-state index contributed by atoms with van der Waals surface area (Å²) in [4.78, 5) is 12.1. The van der Waals surface area contributed by atoms with Crippen LogP contribution in [-0.4, -0.2) is 5.91 Å². The standard InChI is InChI=1S/C19H13ClN2O3/c20-15-5-3-13(4-6-15)18-8-7-16(25-18)10-14(11-21)19(23)22-12-17-2-1-9-24-17/h1-10H,12H2,(H,22,23)/b14-10+. The Balaban J connectivity index is 1.72. The fourth-order valence-corrected chi connectivity index (χ4v) is 2.29. The quantitative estimate of drug-likeness (QED) is 0.544. The van der Waals surface area contributed by atoms with Crippen molar-refractivity contribution in [2.45, 2.75) is 6.54 Å². The van der Waals surface area contributed by atoms with Gasteiger partial charge in [-0.2, -0.15) is 5.26 Å². The summed E-state index contributed by atoms with van der Waals surface area (Å²) in [5, 5.41) is 12.5. The third kappa shape index (κ3) is 4.19. The smallest absolute Gasteiger partial charge is 0.262 e. The number of carbonyl (C=O) groups is 1. The van der Waals surface area contributed by atoms with Gasteiger partial charge in [0, 0.05) is 16.7 Å². The largest absolute Gasteiger partial charge is 0.467 e. The maximum absolute atomic E-state index is 12.1. The Bertz CT molecular complexity index is 932. The van der Waals surface area contributed by atoms with Crippen molar-refractivity contribution in [1.82, 2.24) is 5.32 Å². The van der Waals surface area contributed by atoms with Gasteiger partial charge < -0.3 is 14.2 Å². The molecule has 1 N–H and O–H groups in total. The highest BCUT2D eigenvalue weighted by molar-refractivity contribution is 6.30. The molecule has 1 amide bonds. The third-order valence-electron chi connectivity index (χ3n) is 3.41. The van der Waals surface area contributed by atoms with Gasteiger partial charge in [0.2, 0.25) is 0 Å². The Hall–Kier alpha value is -3.23. The van der Waals surface area contributed by atoms with Crippen LogP contribution in [-0.2, 0) is 11.3 Å². The van der Waals surface area contributed by atoms with Crippen molar-refractivity contribution in [3.8, 4) is 17.4 Å². The van der Waals surface area contributed by atoms with Crippen LogP contribution in [0.25, 0.3) is 17.4 Å². The molecule has 0 bridgehead atoms. The number of amides is 1. The summed E-state index contributed by atoms with van der Waals surface area (Å²) in [6, 6.07) is 16.0. The molecule has 2 aromatic heterocycles. The molecule has 0 saturated heterocycles. The first kappa shape index (κ1) is 16.6. The summed E-state index contributed by atoms with van der Waals surface area (Å²) < 4.78 is 10.8. The van der Waals surface area contributed by atoms with Crippen molar-refractivity contribution in [2.24, 2.45) is 0 Å². The molecule has 0 radical (unpaired) electrons. The molecule has 3 aromatic rings. The lowest BCUT2D eigenvalue weighted by molar-refractivity contribution is -0.117. The molecule has 1 aromatic carbocycles. The number of carbonyl (C=O) groups excluding carboxylic acids is 1. The number of hydrogen-bond donors (Lipinski definition) is 1. The van der Waals surface area contributed by atoms with E-state index >= 15 is 0 Å². The highest BCUT2D eigenvalue weighted by atomic mass is 35.5. The minimum Gasteiger partial charge on any atom is -0.467 e. The van der Waals surface area contributed by atoms with Gasteiger partial charge in [0.25, 0.3) is 5.91 Å². The fraction of sp³-hybridized carbons (Fsp3) is 0.0526. The van der Waals surface area contributed by atoms with E-state index in [0.29, 0.717) is 22.3 Å². The molecule has 0 aliphatic heterocycles. The van der Waals surface area contributed by atoms with Gasteiger partial charge in [-0.15, -0.1) is 0 Å². The Labute approximate surface area is 149 Å². The lowest BCUT2D eigenvalue weighted by Crippen LogP contribution is -2.23. The highest BCUT2D eigenvalue weighted by Crippen LogP contribution is 2.24. The van der Waals surface area contributed by atoms with E-state index in [-0.39, 0.29) is 12.1 Å². The fourth-order valence-electron chi connectivity index (χ4n) is 2.17. The summed E-state index contributed by atoms with van der Waals surface area (Å²) in [5.41, 5.74) is 0.799. The molecule has 0 saturated carbocycles. The molecule has 0 spiro atoms. The molecule has 5 nitrogen and oxygen atoms in total. The van der Waals surface area contributed by atoms with E-state index in [1.165, 1.54) is 12.3 Å². The van der Waals surface area contributed by atoms with E-state index < -0.39 is 5.91 Å². The molecule has 0 atom stereocenters. The van der Waals surface area contributed by atoms with E-state index in [1.54, 1.807) is 36.4 Å².